The zero-order valence-corrected chi connectivity index (χ0v) is 11.1. The van der Waals surface area contributed by atoms with Crippen molar-refractivity contribution in [1.29, 1.82) is 0 Å². The number of alkyl halides is 14. The molecule has 0 bridgehead atoms. The second-order valence-electron chi connectivity index (χ2n) is 3.64. The number of esters is 1. The van der Waals surface area contributed by atoms with E-state index in [-0.39, 0.29) is 0 Å². The minimum absolute atomic E-state index is 2.12. The summed E-state index contributed by atoms with van der Waals surface area (Å²) in [6.07, 6.45) is -27.9. The first-order chi connectivity index (χ1) is 9.63. The zero-order valence-electron chi connectivity index (χ0n) is 9.61. The molecule has 0 amide bonds. The quantitative estimate of drug-likeness (QED) is 0.372. The van der Waals surface area contributed by atoms with Crippen LogP contribution in [0.3, 0.4) is 0 Å². The number of ether oxygens (including phenoxy) is 1. The first-order valence-corrected chi connectivity index (χ1v) is 5.26. The molecule has 0 radical (unpaired) electrons. The van der Waals surface area contributed by atoms with Gasteiger partial charge in [0.1, 0.15) is 0 Å². The Kier molecular flexibility index (Phi) is 5.44. The van der Waals surface area contributed by atoms with Gasteiger partial charge < -0.3 is 4.74 Å². The van der Waals surface area contributed by atoms with Gasteiger partial charge in [0, 0.05) is 0 Å². The van der Waals surface area contributed by atoms with E-state index in [2.05, 4.69) is 27.9 Å². The van der Waals surface area contributed by atoms with Crippen molar-refractivity contribution in [3.05, 3.63) is 0 Å². The lowest BCUT2D eigenvalue weighted by atomic mass is 9.95. The zero-order chi connectivity index (χ0) is 19.3. The van der Waals surface area contributed by atoms with Crippen molar-refractivity contribution in [3.8, 4) is 0 Å². The maximum Gasteiger partial charge on any atom is 0.490 e. The summed E-state index contributed by atoms with van der Waals surface area (Å²) in [5, 5.41) is 0. The topological polar surface area (TPSA) is 26.3 Å². The molecule has 0 N–H and O–H groups in total. The van der Waals surface area contributed by atoms with Crippen molar-refractivity contribution in [1.82, 2.24) is 0 Å². The number of hydrogen-bond donors (Lipinski definition) is 0. The average molecular weight is 415 g/mol. The molecule has 0 fully saturated rings. The van der Waals surface area contributed by atoms with Crippen molar-refractivity contribution in [2.75, 3.05) is 0 Å². The average Bonchev–Trinajstić information content (AvgIpc) is 2.17. The summed E-state index contributed by atoms with van der Waals surface area (Å²) >= 11 is 8.11. The van der Waals surface area contributed by atoms with E-state index in [1.54, 1.807) is 0 Å². The molecule has 0 saturated heterocycles. The van der Waals surface area contributed by atoms with Gasteiger partial charge in [0.15, 0.2) is 0 Å². The largest absolute Gasteiger partial charge is 0.490 e. The van der Waals surface area contributed by atoms with E-state index >= 15 is 0 Å². The Morgan fingerprint density at radius 3 is 1.13 bits per heavy atom. The summed E-state index contributed by atoms with van der Waals surface area (Å²) in [6.45, 7) is 0. The molecule has 0 aromatic heterocycles. The molecule has 0 rings (SSSR count). The predicted molar refractivity (Wildman–Crippen MR) is 47.5 cm³/mol. The summed E-state index contributed by atoms with van der Waals surface area (Å²) in [5.74, 6) is -4.23. The van der Waals surface area contributed by atoms with Gasteiger partial charge in [0.05, 0.1) is 0 Å². The molecule has 0 aromatic rings. The van der Waals surface area contributed by atoms with Crippen molar-refractivity contribution in [2.24, 2.45) is 0 Å². The van der Waals surface area contributed by atoms with Crippen LogP contribution in [-0.4, -0.2) is 40.6 Å². The van der Waals surface area contributed by atoms with Gasteiger partial charge in [0.2, 0.25) is 0 Å². The second kappa shape index (κ2) is 5.63. The number of halogens is 14. The van der Waals surface area contributed by atoms with Crippen molar-refractivity contribution >= 4 is 29.2 Å². The fourth-order valence-corrected chi connectivity index (χ4v) is 1.60. The molecular formula is C7Cl2F12O2. The minimum atomic E-state index is -7.31. The molecular weight excluding hydrogens is 415 g/mol. The molecule has 138 valence electrons. The van der Waals surface area contributed by atoms with E-state index in [0.29, 0.717) is 0 Å². The summed E-state index contributed by atoms with van der Waals surface area (Å²) < 4.78 is 145. The van der Waals surface area contributed by atoms with Gasteiger partial charge in [-0.05, 0) is 0 Å². The fraction of sp³-hybridized carbons (Fsp3) is 0.857. The predicted octanol–water partition coefficient (Wildman–Crippen LogP) is 4.69. The van der Waals surface area contributed by atoms with Crippen LogP contribution in [0.5, 0.6) is 0 Å². The molecule has 0 aromatic carbocycles. The highest BCUT2D eigenvalue weighted by molar-refractivity contribution is 6.50. The molecule has 0 heterocycles. The Labute approximate surface area is 127 Å². The Hall–Kier alpha value is -0.790. The summed E-state index contributed by atoms with van der Waals surface area (Å²) in [4.78, 5) is 10.3. The normalized spacial score (nSPS) is 15.6. The van der Waals surface area contributed by atoms with Crippen LogP contribution in [-0.2, 0) is 9.53 Å². The lowest BCUT2D eigenvalue weighted by Crippen LogP contribution is -2.73. The van der Waals surface area contributed by atoms with Crippen LogP contribution >= 0.6 is 23.2 Å². The third kappa shape index (κ3) is 3.67. The van der Waals surface area contributed by atoms with Gasteiger partial charge in [-0.1, -0.05) is 23.2 Å². The Morgan fingerprint density at radius 2 is 0.957 bits per heavy atom. The van der Waals surface area contributed by atoms with Crippen LogP contribution in [0.1, 0.15) is 0 Å². The summed E-state index contributed by atoms with van der Waals surface area (Å²) in [7, 11) is 0. The van der Waals surface area contributed by atoms with Crippen LogP contribution in [0.4, 0.5) is 52.7 Å². The number of carbonyl (C=O) groups excluding carboxylic acids is 1. The Morgan fingerprint density at radius 1 is 0.652 bits per heavy atom. The highest BCUT2D eigenvalue weighted by atomic mass is 35.5. The smallest absolute Gasteiger partial charge is 0.429 e. The molecule has 0 saturated carbocycles. The third-order valence-electron chi connectivity index (χ3n) is 2.07. The molecule has 0 aliphatic carbocycles. The summed E-state index contributed by atoms with van der Waals surface area (Å²) in [6, 6.07) is 0. The van der Waals surface area contributed by atoms with Gasteiger partial charge >= 0.3 is 36.3 Å². The van der Waals surface area contributed by atoms with Crippen LogP contribution in [0, 0.1) is 0 Å². The second-order valence-corrected chi connectivity index (χ2v) is 4.96. The standard InChI is InChI=1S/C7Cl2F12O2/c8-4(9,7(19,20)21)3(5(13,14)15,6(16,17)18)23-1(22)2(10,11)12. The maximum absolute atomic E-state index is 12.6. The third-order valence-corrected chi connectivity index (χ3v) is 3.03. The first kappa shape index (κ1) is 22.2. The molecule has 2 nitrogen and oxygen atoms in total. The summed E-state index contributed by atoms with van der Waals surface area (Å²) in [5.41, 5.74) is -6.93. The Bertz CT molecular complexity index is 442. The molecule has 0 aliphatic heterocycles. The van der Waals surface area contributed by atoms with Crippen LogP contribution in [0.15, 0.2) is 0 Å². The molecule has 16 heteroatoms. The molecule has 0 aliphatic rings. The van der Waals surface area contributed by atoms with Crippen LogP contribution in [0.2, 0.25) is 0 Å². The highest BCUT2D eigenvalue weighted by Crippen LogP contribution is 2.61. The fourth-order valence-electron chi connectivity index (χ4n) is 1.09. The van der Waals surface area contributed by atoms with E-state index < -0.39 is 40.6 Å². The van der Waals surface area contributed by atoms with Gasteiger partial charge in [-0.15, -0.1) is 0 Å². The number of hydrogen-bond acceptors (Lipinski definition) is 2. The number of carbonyl (C=O) groups is 1. The van der Waals surface area contributed by atoms with Crippen molar-refractivity contribution in [3.63, 3.8) is 0 Å². The lowest BCUT2D eigenvalue weighted by molar-refractivity contribution is -0.396. The van der Waals surface area contributed by atoms with E-state index in [1.165, 1.54) is 0 Å². The van der Waals surface area contributed by atoms with Gasteiger partial charge in [-0.2, -0.15) is 52.7 Å². The molecule has 0 unspecified atom stereocenters. The number of rotatable bonds is 2. The molecule has 0 spiro atoms. The highest BCUT2D eigenvalue weighted by Gasteiger charge is 2.89. The SMILES string of the molecule is O=C(OC(C(F)(F)F)(C(F)(F)F)C(Cl)(Cl)C(F)(F)F)C(F)(F)F. The van der Waals surface area contributed by atoms with Gasteiger partial charge in [-0.3, -0.25) is 0 Å². The van der Waals surface area contributed by atoms with E-state index in [9.17, 15) is 57.5 Å². The van der Waals surface area contributed by atoms with E-state index in [0.717, 1.165) is 0 Å². The molecule has 23 heavy (non-hydrogen) atoms. The van der Waals surface area contributed by atoms with Crippen molar-refractivity contribution in [2.45, 2.75) is 34.6 Å². The minimum Gasteiger partial charge on any atom is -0.429 e. The van der Waals surface area contributed by atoms with E-state index in [1.807, 2.05) is 0 Å². The molecule has 0 atom stereocenters. The monoisotopic (exact) mass is 414 g/mol. The van der Waals surface area contributed by atoms with Gasteiger partial charge in [-0.25, -0.2) is 4.79 Å². The lowest BCUT2D eigenvalue weighted by Gasteiger charge is -2.43. The van der Waals surface area contributed by atoms with E-state index in [4.69, 9.17) is 0 Å². The van der Waals surface area contributed by atoms with Crippen LogP contribution < -0.4 is 0 Å². The maximum atomic E-state index is 12.6. The Balaban J connectivity index is 6.68. The van der Waals surface area contributed by atoms with Crippen molar-refractivity contribution < 1.29 is 62.2 Å². The van der Waals surface area contributed by atoms with Crippen LogP contribution in [0.25, 0.3) is 0 Å². The van der Waals surface area contributed by atoms with Gasteiger partial charge in [0.25, 0.3) is 4.33 Å². The first-order valence-electron chi connectivity index (χ1n) is 4.51.